The quantitative estimate of drug-likeness (QED) is 0.902. The summed E-state index contributed by atoms with van der Waals surface area (Å²) in [5, 5.41) is 3.98. The fourth-order valence-corrected chi connectivity index (χ4v) is 2.44. The lowest BCUT2D eigenvalue weighted by Crippen LogP contribution is -2.40. The summed E-state index contributed by atoms with van der Waals surface area (Å²) in [4.78, 5) is 12.2. The molecule has 1 aliphatic heterocycles. The fourth-order valence-electron chi connectivity index (χ4n) is 2.44. The number of carbonyl (C=O) groups is 1. The Balaban J connectivity index is 1.76. The number of carbonyl (C=O) groups excluding carboxylic acids is 1. The van der Waals surface area contributed by atoms with Gasteiger partial charge in [-0.2, -0.15) is 0 Å². The Labute approximate surface area is 111 Å². The van der Waals surface area contributed by atoms with Crippen LogP contribution in [0, 0.1) is 6.92 Å². The van der Waals surface area contributed by atoms with E-state index in [1.54, 1.807) is 6.07 Å². The Bertz CT molecular complexity index is 596. The molecule has 3 rings (SSSR count). The van der Waals surface area contributed by atoms with Gasteiger partial charge in [0.1, 0.15) is 11.3 Å². The van der Waals surface area contributed by atoms with Crippen molar-refractivity contribution >= 4 is 16.9 Å². The van der Waals surface area contributed by atoms with Crippen molar-refractivity contribution in [3.63, 3.8) is 0 Å². The van der Waals surface area contributed by atoms with Crippen LogP contribution >= 0.6 is 0 Å². The van der Waals surface area contributed by atoms with Crippen LogP contribution < -0.4 is 5.32 Å². The molecule has 1 N–H and O–H groups in total. The fraction of sp³-hybridized carbons (Fsp3) is 0.400. The van der Waals surface area contributed by atoms with Crippen LogP contribution in [0.4, 0.5) is 0 Å². The SMILES string of the molecule is Cc1cc2cc(C(=O)NC3CCCOC3)ccc2o1. The molecule has 1 aliphatic rings. The predicted molar refractivity (Wildman–Crippen MR) is 72.3 cm³/mol. The molecule has 1 atom stereocenters. The molecular formula is C15H17NO3. The molecule has 100 valence electrons. The topological polar surface area (TPSA) is 51.5 Å². The molecule has 1 unspecified atom stereocenters. The molecule has 1 aromatic heterocycles. The molecule has 2 aromatic rings. The lowest BCUT2D eigenvalue weighted by Gasteiger charge is -2.23. The maximum atomic E-state index is 12.2. The molecule has 4 nitrogen and oxygen atoms in total. The molecule has 19 heavy (non-hydrogen) atoms. The zero-order valence-electron chi connectivity index (χ0n) is 10.9. The van der Waals surface area contributed by atoms with Gasteiger partial charge in [-0.1, -0.05) is 0 Å². The molecule has 1 saturated heterocycles. The van der Waals surface area contributed by atoms with Crippen molar-refractivity contribution in [2.75, 3.05) is 13.2 Å². The average molecular weight is 259 g/mol. The molecule has 0 bridgehead atoms. The second kappa shape index (κ2) is 5.05. The number of hydrogen-bond acceptors (Lipinski definition) is 3. The zero-order chi connectivity index (χ0) is 13.2. The van der Waals surface area contributed by atoms with Crippen molar-refractivity contribution in [1.29, 1.82) is 0 Å². The Kier molecular flexibility index (Phi) is 3.25. The van der Waals surface area contributed by atoms with Crippen molar-refractivity contribution < 1.29 is 13.9 Å². The van der Waals surface area contributed by atoms with Gasteiger partial charge in [0.05, 0.1) is 12.6 Å². The van der Waals surface area contributed by atoms with Crippen LogP contribution in [0.25, 0.3) is 11.0 Å². The van der Waals surface area contributed by atoms with Gasteiger partial charge in [-0.05, 0) is 44.0 Å². The highest BCUT2D eigenvalue weighted by atomic mass is 16.5. The standard InChI is InChI=1S/C15H17NO3/c1-10-7-12-8-11(4-5-14(12)19-10)15(17)16-13-3-2-6-18-9-13/h4-5,7-8,13H,2-3,6,9H2,1H3,(H,16,17). The van der Waals surface area contributed by atoms with Crippen LogP contribution in [-0.4, -0.2) is 25.2 Å². The first-order valence-corrected chi connectivity index (χ1v) is 6.61. The summed E-state index contributed by atoms with van der Waals surface area (Å²) in [5.74, 6) is 0.810. The average Bonchev–Trinajstić information content (AvgIpc) is 2.78. The van der Waals surface area contributed by atoms with E-state index in [1.165, 1.54) is 0 Å². The molecule has 4 heteroatoms. The molecule has 0 radical (unpaired) electrons. The molecular weight excluding hydrogens is 242 g/mol. The van der Waals surface area contributed by atoms with Gasteiger partial charge >= 0.3 is 0 Å². The third-order valence-electron chi connectivity index (χ3n) is 3.40. The summed E-state index contributed by atoms with van der Waals surface area (Å²) < 4.78 is 10.9. The number of fused-ring (bicyclic) bond motifs is 1. The Morgan fingerprint density at radius 2 is 2.26 bits per heavy atom. The number of aryl methyl sites for hydroxylation is 1. The first-order valence-electron chi connectivity index (χ1n) is 6.61. The number of hydrogen-bond donors (Lipinski definition) is 1. The van der Waals surface area contributed by atoms with Crippen molar-refractivity contribution in [2.45, 2.75) is 25.8 Å². The van der Waals surface area contributed by atoms with Crippen molar-refractivity contribution in [2.24, 2.45) is 0 Å². The van der Waals surface area contributed by atoms with Crippen LogP contribution in [0.2, 0.25) is 0 Å². The Morgan fingerprint density at radius 1 is 1.37 bits per heavy atom. The van der Waals surface area contributed by atoms with Crippen LogP contribution in [0.5, 0.6) is 0 Å². The van der Waals surface area contributed by atoms with Gasteiger partial charge in [0.25, 0.3) is 5.91 Å². The molecule has 1 fully saturated rings. The largest absolute Gasteiger partial charge is 0.461 e. The Hall–Kier alpha value is -1.81. The van der Waals surface area contributed by atoms with E-state index in [1.807, 2.05) is 25.1 Å². The van der Waals surface area contributed by atoms with Crippen molar-refractivity contribution in [3.8, 4) is 0 Å². The summed E-state index contributed by atoms with van der Waals surface area (Å²) >= 11 is 0. The van der Waals surface area contributed by atoms with E-state index < -0.39 is 0 Å². The van der Waals surface area contributed by atoms with Gasteiger partial charge in [0.2, 0.25) is 0 Å². The molecule has 1 aromatic carbocycles. The minimum atomic E-state index is -0.0451. The number of amides is 1. The number of ether oxygens (including phenoxy) is 1. The zero-order valence-corrected chi connectivity index (χ0v) is 10.9. The van der Waals surface area contributed by atoms with E-state index >= 15 is 0 Å². The van der Waals surface area contributed by atoms with E-state index in [0.29, 0.717) is 12.2 Å². The third-order valence-corrected chi connectivity index (χ3v) is 3.40. The summed E-state index contributed by atoms with van der Waals surface area (Å²) in [5.41, 5.74) is 1.48. The summed E-state index contributed by atoms with van der Waals surface area (Å²) in [6, 6.07) is 7.57. The van der Waals surface area contributed by atoms with Crippen LogP contribution in [0.3, 0.4) is 0 Å². The number of benzene rings is 1. The normalized spacial score (nSPS) is 19.5. The van der Waals surface area contributed by atoms with Gasteiger partial charge in [0, 0.05) is 17.6 Å². The highest BCUT2D eigenvalue weighted by Crippen LogP contribution is 2.20. The molecule has 1 amide bonds. The van der Waals surface area contributed by atoms with E-state index in [0.717, 1.165) is 36.2 Å². The van der Waals surface area contributed by atoms with Crippen LogP contribution in [0.15, 0.2) is 28.7 Å². The highest BCUT2D eigenvalue weighted by molar-refractivity contribution is 5.98. The van der Waals surface area contributed by atoms with Gasteiger partial charge < -0.3 is 14.5 Å². The van der Waals surface area contributed by atoms with Crippen molar-refractivity contribution in [1.82, 2.24) is 5.32 Å². The number of furan rings is 1. The first-order chi connectivity index (χ1) is 9.22. The first kappa shape index (κ1) is 12.2. The summed E-state index contributed by atoms with van der Waals surface area (Å²) in [6.45, 7) is 3.31. The number of rotatable bonds is 2. The molecule has 2 heterocycles. The van der Waals surface area contributed by atoms with Gasteiger partial charge in [-0.3, -0.25) is 4.79 Å². The lowest BCUT2D eigenvalue weighted by atomic mass is 10.1. The van der Waals surface area contributed by atoms with E-state index in [4.69, 9.17) is 9.15 Å². The lowest BCUT2D eigenvalue weighted by molar-refractivity contribution is 0.0624. The van der Waals surface area contributed by atoms with Crippen LogP contribution in [0.1, 0.15) is 29.0 Å². The second-order valence-corrected chi connectivity index (χ2v) is 5.00. The van der Waals surface area contributed by atoms with Crippen molar-refractivity contribution in [3.05, 3.63) is 35.6 Å². The molecule has 0 saturated carbocycles. The molecule has 0 spiro atoms. The van der Waals surface area contributed by atoms with Gasteiger partial charge in [-0.25, -0.2) is 0 Å². The number of nitrogens with one attached hydrogen (secondary N) is 1. The van der Waals surface area contributed by atoms with Crippen LogP contribution in [-0.2, 0) is 4.74 Å². The van der Waals surface area contributed by atoms with E-state index in [9.17, 15) is 4.79 Å². The monoisotopic (exact) mass is 259 g/mol. The highest BCUT2D eigenvalue weighted by Gasteiger charge is 2.17. The van der Waals surface area contributed by atoms with Gasteiger partial charge in [-0.15, -0.1) is 0 Å². The maximum Gasteiger partial charge on any atom is 0.251 e. The van der Waals surface area contributed by atoms with E-state index in [-0.39, 0.29) is 11.9 Å². The summed E-state index contributed by atoms with van der Waals surface area (Å²) in [6.07, 6.45) is 1.99. The minimum Gasteiger partial charge on any atom is -0.461 e. The molecule has 0 aliphatic carbocycles. The van der Waals surface area contributed by atoms with E-state index in [2.05, 4.69) is 5.32 Å². The predicted octanol–water partition coefficient (Wildman–Crippen LogP) is 2.65. The smallest absolute Gasteiger partial charge is 0.251 e. The third kappa shape index (κ3) is 2.63. The second-order valence-electron chi connectivity index (χ2n) is 5.00. The van der Waals surface area contributed by atoms with Gasteiger partial charge in [0.15, 0.2) is 0 Å². The maximum absolute atomic E-state index is 12.2. The summed E-state index contributed by atoms with van der Waals surface area (Å²) in [7, 11) is 0. The Morgan fingerprint density at radius 3 is 3.05 bits per heavy atom. The minimum absolute atomic E-state index is 0.0451.